The van der Waals surface area contributed by atoms with Gasteiger partial charge in [-0.05, 0) is 50.1 Å². The lowest BCUT2D eigenvalue weighted by molar-refractivity contribution is -0.143. The second-order valence-electron chi connectivity index (χ2n) is 7.74. The summed E-state index contributed by atoms with van der Waals surface area (Å²) in [5.41, 5.74) is 1.29. The van der Waals surface area contributed by atoms with E-state index in [4.69, 9.17) is 23.7 Å². The standard InChI is InChI=1S/C26H31NO7/c1-5-32-25(29)10-7-13-33-21-9-6-8-18-15-22(34-26(18)21)17(2)14-24(28)27-19-11-12-20(30-3)23(16-19)31-4/h6,8-9,11-12,14-16,18,26H,5,7,10,13H2,1-4H3,(H,27,28)/b17-14-. The van der Waals surface area contributed by atoms with Crippen LogP contribution in [0, 0.1) is 5.92 Å². The van der Waals surface area contributed by atoms with E-state index in [1.54, 1.807) is 32.2 Å². The number of nitrogens with one attached hydrogen (secondary N) is 1. The van der Waals surface area contributed by atoms with E-state index >= 15 is 0 Å². The van der Waals surface area contributed by atoms with Gasteiger partial charge in [-0.15, -0.1) is 0 Å². The van der Waals surface area contributed by atoms with Gasteiger partial charge >= 0.3 is 5.97 Å². The molecule has 1 heterocycles. The summed E-state index contributed by atoms with van der Waals surface area (Å²) in [7, 11) is 3.09. The van der Waals surface area contributed by atoms with E-state index < -0.39 is 0 Å². The Morgan fingerprint density at radius 1 is 1.18 bits per heavy atom. The largest absolute Gasteiger partial charge is 0.494 e. The zero-order valence-electron chi connectivity index (χ0n) is 20.0. The van der Waals surface area contributed by atoms with Crippen molar-refractivity contribution in [2.75, 3.05) is 32.8 Å². The first-order valence-electron chi connectivity index (χ1n) is 11.2. The molecule has 8 heteroatoms. The Kier molecular flexibility index (Phi) is 8.79. The molecule has 1 amide bonds. The SMILES string of the molecule is CCOC(=O)CCCOC1=CC=CC2C=C(/C(C)=C\C(=O)Nc3ccc(OC)c(OC)c3)OC12. The topological polar surface area (TPSA) is 92.3 Å². The van der Waals surface area contributed by atoms with Crippen LogP contribution in [0.1, 0.15) is 26.7 Å². The number of hydrogen-bond acceptors (Lipinski definition) is 7. The molecule has 1 aromatic rings. The Bertz CT molecular complexity index is 1020. The monoisotopic (exact) mass is 469 g/mol. The molecule has 1 aliphatic carbocycles. The fourth-order valence-corrected chi connectivity index (χ4v) is 3.65. The highest BCUT2D eigenvalue weighted by Crippen LogP contribution is 2.36. The third-order valence-corrected chi connectivity index (χ3v) is 5.31. The number of benzene rings is 1. The van der Waals surface area contributed by atoms with E-state index in [9.17, 15) is 9.59 Å². The highest BCUT2D eigenvalue weighted by atomic mass is 16.5. The van der Waals surface area contributed by atoms with Crippen LogP contribution < -0.4 is 14.8 Å². The fraction of sp³-hybridized carbons (Fsp3) is 0.385. The summed E-state index contributed by atoms with van der Waals surface area (Å²) in [5, 5.41) is 2.82. The van der Waals surface area contributed by atoms with Crippen molar-refractivity contribution in [2.45, 2.75) is 32.8 Å². The number of carbonyl (C=O) groups is 2. The van der Waals surface area contributed by atoms with Gasteiger partial charge in [-0.2, -0.15) is 0 Å². The normalized spacial score (nSPS) is 18.8. The summed E-state index contributed by atoms with van der Waals surface area (Å²) < 4.78 is 27.4. The van der Waals surface area contributed by atoms with Gasteiger partial charge in [-0.3, -0.25) is 9.59 Å². The molecule has 0 saturated heterocycles. The van der Waals surface area contributed by atoms with Gasteiger partial charge < -0.3 is 29.0 Å². The number of methoxy groups -OCH3 is 2. The third-order valence-electron chi connectivity index (χ3n) is 5.31. The summed E-state index contributed by atoms with van der Waals surface area (Å²) in [4.78, 5) is 24.0. The van der Waals surface area contributed by atoms with Crippen molar-refractivity contribution in [1.82, 2.24) is 0 Å². The van der Waals surface area contributed by atoms with Crippen molar-refractivity contribution < 1.29 is 33.3 Å². The fourth-order valence-electron chi connectivity index (χ4n) is 3.65. The van der Waals surface area contributed by atoms with Crippen LogP contribution in [-0.4, -0.2) is 45.4 Å². The van der Waals surface area contributed by atoms with E-state index in [2.05, 4.69) is 5.32 Å². The van der Waals surface area contributed by atoms with Crippen LogP contribution in [0.2, 0.25) is 0 Å². The Balaban J connectivity index is 1.56. The smallest absolute Gasteiger partial charge is 0.305 e. The predicted molar refractivity (Wildman–Crippen MR) is 127 cm³/mol. The van der Waals surface area contributed by atoms with Gasteiger partial charge in [0.05, 0.1) is 27.4 Å². The van der Waals surface area contributed by atoms with Crippen molar-refractivity contribution >= 4 is 17.6 Å². The maximum atomic E-state index is 12.6. The van der Waals surface area contributed by atoms with Gasteiger partial charge in [0, 0.05) is 30.2 Å². The molecule has 0 radical (unpaired) electrons. The minimum atomic E-state index is -0.292. The van der Waals surface area contributed by atoms with Crippen LogP contribution in [0.3, 0.4) is 0 Å². The lowest BCUT2D eigenvalue weighted by Gasteiger charge is -2.23. The highest BCUT2D eigenvalue weighted by Gasteiger charge is 2.34. The molecule has 0 bridgehead atoms. The summed E-state index contributed by atoms with van der Waals surface area (Å²) in [6.45, 7) is 4.38. The molecule has 2 unspecified atom stereocenters. The molecule has 8 nitrogen and oxygen atoms in total. The van der Waals surface area contributed by atoms with Gasteiger partial charge in [0.1, 0.15) is 11.5 Å². The second kappa shape index (κ2) is 12.0. The zero-order valence-corrected chi connectivity index (χ0v) is 20.0. The van der Waals surface area contributed by atoms with Crippen LogP contribution in [0.15, 0.2) is 65.7 Å². The lowest BCUT2D eigenvalue weighted by Crippen LogP contribution is -2.22. The molecular formula is C26H31NO7. The first-order valence-corrected chi connectivity index (χ1v) is 11.2. The summed E-state index contributed by atoms with van der Waals surface area (Å²) in [6.07, 6.45) is 9.87. The highest BCUT2D eigenvalue weighted by molar-refractivity contribution is 6.00. The minimum Gasteiger partial charge on any atom is -0.494 e. The van der Waals surface area contributed by atoms with Crippen molar-refractivity contribution in [3.05, 3.63) is 65.7 Å². The molecule has 0 saturated carbocycles. The number of hydrogen-bond donors (Lipinski definition) is 1. The number of esters is 1. The Labute approximate surface area is 199 Å². The van der Waals surface area contributed by atoms with Crippen molar-refractivity contribution in [1.29, 1.82) is 0 Å². The Morgan fingerprint density at radius 3 is 2.71 bits per heavy atom. The predicted octanol–water partition coefficient (Wildman–Crippen LogP) is 4.30. The van der Waals surface area contributed by atoms with E-state index in [0.717, 1.165) is 0 Å². The van der Waals surface area contributed by atoms with Gasteiger partial charge in [0.15, 0.2) is 17.6 Å². The molecule has 0 spiro atoms. The number of allylic oxidation sites excluding steroid dienone is 3. The maximum Gasteiger partial charge on any atom is 0.305 e. The quantitative estimate of drug-likeness (QED) is 0.293. The van der Waals surface area contributed by atoms with Crippen LogP contribution in [-0.2, 0) is 23.8 Å². The summed E-state index contributed by atoms with van der Waals surface area (Å²) in [5.74, 6) is 1.94. The molecule has 2 aliphatic rings. The van der Waals surface area contributed by atoms with E-state index in [1.165, 1.54) is 13.2 Å². The first-order chi connectivity index (χ1) is 16.4. The Hall–Kier alpha value is -3.68. The zero-order chi connectivity index (χ0) is 24.5. The van der Waals surface area contributed by atoms with Crippen LogP contribution in [0.5, 0.6) is 11.5 Å². The van der Waals surface area contributed by atoms with E-state index in [1.807, 2.05) is 31.2 Å². The molecule has 1 aliphatic heterocycles. The molecule has 182 valence electrons. The summed E-state index contributed by atoms with van der Waals surface area (Å²) >= 11 is 0. The lowest BCUT2D eigenvalue weighted by atomic mass is 9.97. The molecule has 0 fully saturated rings. The second-order valence-corrected chi connectivity index (χ2v) is 7.74. The van der Waals surface area contributed by atoms with Gasteiger partial charge in [-0.25, -0.2) is 0 Å². The molecule has 34 heavy (non-hydrogen) atoms. The molecule has 2 atom stereocenters. The number of ether oxygens (including phenoxy) is 5. The van der Waals surface area contributed by atoms with E-state index in [-0.39, 0.29) is 23.9 Å². The number of carbonyl (C=O) groups excluding carboxylic acids is 2. The molecule has 0 aromatic heterocycles. The van der Waals surface area contributed by atoms with Crippen LogP contribution in [0.4, 0.5) is 5.69 Å². The maximum absolute atomic E-state index is 12.6. The first kappa shape index (κ1) is 25.0. The molecule has 3 rings (SSSR count). The average Bonchev–Trinajstić information content (AvgIpc) is 3.27. The third kappa shape index (κ3) is 6.43. The van der Waals surface area contributed by atoms with Gasteiger partial charge in [0.25, 0.3) is 0 Å². The van der Waals surface area contributed by atoms with Crippen LogP contribution >= 0.6 is 0 Å². The Morgan fingerprint density at radius 2 is 1.97 bits per heavy atom. The van der Waals surface area contributed by atoms with Crippen molar-refractivity contribution in [2.24, 2.45) is 5.92 Å². The average molecular weight is 470 g/mol. The summed E-state index contributed by atoms with van der Waals surface area (Å²) in [6, 6.07) is 5.16. The van der Waals surface area contributed by atoms with E-state index in [0.29, 0.717) is 60.3 Å². The molecule has 1 aromatic carbocycles. The number of anilines is 1. The number of rotatable bonds is 11. The minimum absolute atomic E-state index is 0.0114. The van der Waals surface area contributed by atoms with Crippen molar-refractivity contribution in [3.8, 4) is 11.5 Å². The number of amides is 1. The molecule has 1 N–H and O–H groups in total. The van der Waals surface area contributed by atoms with Gasteiger partial charge in [-0.1, -0.05) is 12.2 Å². The number of fused-ring (bicyclic) bond motifs is 1. The van der Waals surface area contributed by atoms with Crippen molar-refractivity contribution in [3.63, 3.8) is 0 Å². The van der Waals surface area contributed by atoms with Crippen LogP contribution in [0.25, 0.3) is 0 Å². The van der Waals surface area contributed by atoms with Gasteiger partial charge in [0.2, 0.25) is 5.91 Å². The molecular weight excluding hydrogens is 438 g/mol.